The van der Waals surface area contributed by atoms with Crippen LogP contribution in [-0.2, 0) is 11.2 Å². The number of nitrogens with zero attached hydrogens (tertiary/aromatic N) is 2. The maximum Gasteiger partial charge on any atom is 0.159 e. The molecule has 96 valence electrons. The minimum Gasteiger partial charge on any atom is -0.371 e. The Balaban J connectivity index is 2.92. The molecule has 17 heavy (non-hydrogen) atoms. The molecule has 1 aromatic rings. The normalized spacial score (nSPS) is 12.7. The summed E-state index contributed by atoms with van der Waals surface area (Å²) < 4.78 is 5.67. The van der Waals surface area contributed by atoms with Crippen molar-refractivity contribution in [2.75, 3.05) is 6.61 Å². The zero-order valence-electron chi connectivity index (χ0n) is 10.9. The topological polar surface area (TPSA) is 35.0 Å². The van der Waals surface area contributed by atoms with Gasteiger partial charge in [-0.25, -0.2) is 9.97 Å². The van der Waals surface area contributed by atoms with Crippen molar-refractivity contribution in [1.82, 2.24) is 9.97 Å². The molecule has 1 atom stereocenters. The lowest BCUT2D eigenvalue weighted by atomic mass is 10.2. The number of hydrogen-bond acceptors (Lipinski definition) is 3. The largest absolute Gasteiger partial charge is 0.371 e. The van der Waals surface area contributed by atoms with Gasteiger partial charge in [0.05, 0.1) is 0 Å². The number of aromatic nitrogens is 2. The van der Waals surface area contributed by atoms with E-state index in [1.54, 1.807) is 0 Å². The number of halogens is 1. The lowest BCUT2D eigenvalue weighted by Crippen LogP contribution is -2.10. The first-order valence-corrected chi connectivity index (χ1v) is 6.73. The Morgan fingerprint density at radius 1 is 1.24 bits per heavy atom. The van der Waals surface area contributed by atoms with Gasteiger partial charge >= 0.3 is 0 Å². The predicted octanol–water partition coefficient (Wildman–Crippen LogP) is 3.96. The van der Waals surface area contributed by atoms with Gasteiger partial charge in [0.25, 0.3) is 0 Å². The summed E-state index contributed by atoms with van der Waals surface area (Å²) in [5.74, 6) is 0.727. The molecule has 0 radical (unpaired) electrons. The molecule has 0 spiro atoms. The van der Waals surface area contributed by atoms with Crippen LogP contribution in [0.3, 0.4) is 0 Å². The van der Waals surface area contributed by atoms with Crippen LogP contribution in [0.25, 0.3) is 0 Å². The Morgan fingerprint density at radius 3 is 2.59 bits per heavy atom. The van der Waals surface area contributed by atoms with Gasteiger partial charge in [0.15, 0.2) is 5.82 Å². The smallest absolute Gasteiger partial charge is 0.159 e. The van der Waals surface area contributed by atoms with Crippen LogP contribution in [0.1, 0.15) is 57.7 Å². The Morgan fingerprint density at radius 2 is 2.00 bits per heavy atom. The van der Waals surface area contributed by atoms with Crippen molar-refractivity contribution in [3.8, 4) is 0 Å². The van der Waals surface area contributed by atoms with E-state index in [2.05, 4.69) is 23.8 Å². The van der Waals surface area contributed by atoms with Crippen LogP contribution in [0, 0.1) is 0 Å². The van der Waals surface area contributed by atoms with Crippen LogP contribution in [0.15, 0.2) is 6.07 Å². The van der Waals surface area contributed by atoms with E-state index in [0.29, 0.717) is 11.8 Å². The Bertz CT molecular complexity index is 338. The summed E-state index contributed by atoms with van der Waals surface area (Å²) in [6.07, 6.45) is 3.93. The second kappa shape index (κ2) is 7.62. The summed E-state index contributed by atoms with van der Waals surface area (Å²) in [5, 5.41) is 0.513. The standard InChI is InChI=1S/C13H21ClN2O/c1-4-7-10-9-12(14)16-13(15-10)11(8-5-2)17-6-3/h9,11H,4-8H2,1-3H3. The molecule has 0 saturated heterocycles. The van der Waals surface area contributed by atoms with Crippen LogP contribution < -0.4 is 0 Å². The molecule has 0 aliphatic heterocycles. The van der Waals surface area contributed by atoms with E-state index in [4.69, 9.17) is 16.3 Å². The molecule has 0 bridgehead atoms. The molecule has 1 aromatic heterocycles. The SMILES string of the molecule is CCCc1cc(Cl)nc(C(CCC)OCC)n1. The quantitative estimate of drug-likeness (QED) is 0.693. The number of aryl methyl sites for hydroxylation is 1. The molecule has 1 heterocycles. The van der Waals surface area contributed by atoms with Crippen molar-refractivity contribution in [3.05, 3.63) is 22.7 Å². The summed E-state index contributed by atoms with van der Waals surface area (Å²) in [7, 11) is 0. The second-order valence-corrected chi connectivity index (χ2v) is 4.41. The molecule has 0 amide bonds. The molecule has 0 aliphatic rings. The minimum absolute atomic E-state index is 0.0284. The van der Waals surface area contributed by atoms with Crippen molar-refractivity contribution in [3.63, 3.8) is 0 Å². The van der Waals surface area contributed by atoms with Gasteiger partial charge in [0.1, 0.15) is 11.3 Å². The zero-order valence-corrected chi connectivity index (χ0v) is 11.6. The lowest BCUT2D eigenvalue weighted by Gasteiger charge is -2.15. The molecule has 1 unspecified atom stereocenters. The third-order valence-corrected chi connectivity index (χ3v) is 2.67. The molecule has 0 fully saturated rings. The summed E-state index contributed by atoms with van der Waals surface area (Å²) >= 11 is 6.02. The van der Waals surface area contributed by atoms with Gasteiger partial charge in [-0.1, -0.05) is 38.3 Å². The fourth-order valence-electron chi connectivity index (χ4n) is 1.76. The van der Waals surface area contributed by atoms with E-state index in [-0.39, 0.29) is 6.10 Å². The molecule has 0 aliphatic carbocycles. The van der Waals surface area contributed by atoms with Crippen LogP contribution in [0.5, 0.6) is 0 Å². The van der Waals surface area contributed by atoms with Gasteiger partial charge in [-0.2, -0.15) is 0 Å². The van der Waals surface area contributed by atoms with Crippen molar-refractivity contribution >= 4 is 11.6 Å². The fourth-order valence-corrected chi connectivity index (χ4v) is 1.97. The summed E-state index contributed by atoms with van der Waals surface area (Å²) in [6.45, 7) is 6.91. The van der Waals surface area contributed by atoms with Crippen LogP contribution in [0.2, 0.25) is 5.15 Å². The lowest BCUT2D eigenvalue weighted by molar-refractivity contribution is 0.0492. The first-order chi connectivity index (χ1) is 8.21. The van der Waals surface area contributed by atoms with Crippen LogP contribution >= 0.6 is 11.6 Å². The molecule has 0 N–H and O–H groups in total. The highest BCUT2D eigenvalue weighted by Crippen LogP contribution is 2.21. The second-order valence-electron chi connectivity index (χ2n) is 4.02. The average Bonchev–Trinajstić information content (AvgIpc) is 2.28. The molecule has 0 aromatic carbocycles. The van der Waals surface area contributed by atoms with Crippen molar-refractivity contribution in [2.24, 2.45) is 0 Å². The van der Waals surface area contributed by atoms with E-state index in [1.807, 2.05) is 13.0 Å². The van der Waals surface area contributed by atoms with Crippen molar-refractivity contribution in [1.29, 1.82) is 0 Å². The van der Waals surface area contributed by atoms with Gasteiger partial charge in [0.2, 0.25) is 0 Å². The monoisotopic (exact) mass is 256 g/mol. The summed E-state index contributed by atoms with van der Waals surface area (Å²) in [6, 6.07) is 1.84. The maximum atomic E-state index is 6.02. The Kier molecular flexibility index (Phi) is 6.45. The molecular formula is C13H21ClN2O. The summed E-state index contributed by atoms with van der Waals surface area (Å²) in [5.41, 5.74) is 1.00. The van der Waals surface area contributed by atoms with Crippen LogP contribution in [-0.4, -0.2) is 16.6 Å². The van der Waals surface area contributed by atoms with Crippen molar-refractivity contribution < 1.29 is 4.74 Å². The van der Waals surface area contributed by atoms with E-state index in [0.717, 1.165) is 37.2 Å². The number of ether oxygens (including phenoxy) is 1. The number of rotatable bonds is 7. The van der Waals surface area contributed by atoms with Gasteiger partial charge in [-0.3, -0.25) is 0 Å². The number of hydrogen-bond donors (Lipinski definition) is 0. The molecule has 3 nitrogen and oxygen atoms in total. The third-order valence-electron chi connectivity index (χ3n) is 2.48. The summed E-state index contributed by atoms with van der Waals surface area (Å²) in [4.78, 5) is 8.82. The third kappa shape index (κ3) is 4.60. The Labute approximate surface area is 109 Å². The van der Waals surface area contributed by atoms with E-state index < -0.39 is 0 Å². The zero-order chi connectivity index (χ0) is 12.7. The Hall–Kier alpha value is -0.670. The van der Waals surface area contributed by atoms with Crippen molar-refractivity contribution in [2.45, 2.75) is 52.6 Å². The molecule has 4 heteroatoms. The van der Waals surface area contributed by atoms with Crippen LogP contribution in [0.4, 0.5) is 0 Å². The highest BCUT2D eigenvalue weighted by molar-refractivity contribution is 6.29. The molecule has 0 saturated carbocycles. The molecular weight excluding hydrogens is 236 g/mol. The average molecular weight is 257 g/mol. The molecule has 1 rings (SSSR count). The van der Waals surface area contributed by atoms with E-state index >= 15 is 0 Å². The predicted molar refractivity (Wildman–Crippen MR) is 70.3 cm³/mol. The highest BCUT2D eigenvalue weighted by Gasteiger charge is 2.15. The highest BCUT2D eigenvalue weighted by atomic mass is 35.5. The van der Waals surface area contributed by atoms with Gasteiger partial charge in [-0.05, 0) is 25.8 Å². The first kappa shape index (κ1) is 14.4. The van der Waals surface area contributed by atoms with Gasteiger partial charge in [-0.15, -0.1) is 0 Å². The van der Waals surface area contributed by atoms with E-state index in [9.17, 15) is 0 Å². The van der Waals surface area contributed by atoms with E-state index in [1.165, 1.54) is 0 Å². The van der Waals surface area contributed by atoms with Gasteiger partial charge in [0, 0.05) is 12.3 Å². The fraction of sp³-hybridized carbons (Fsp3) is 0.692. The maximum absolute atomic E-state index is 6.02. The minimum atomic E-state index is -0.0284. The first-order valence-electron chi connectivity index (χ1n) is 6.36. The van der Waals surface area contributed by atoms with Gasteiger partial charge < -0.3 is 4.74 Å².